The van der Waals surface area contributed by atoms with Crippen molar-refractivity contribution in [1.29, 1.82) is 0 Å². The lowest BCUT2D eigenvalue weighted by Gasteiger charge is -2.17. The first-order chi connectivity index (χ1) is 13.8. The Kier molecular flexibility index (Phi) is 7.19. The first kappa shape index (κ1) is 23.7. The first-order valence-electron chi connectivity index (χ1n) is 9.11. The standard InChI is InChI=1S/C19H26N4O5S2/c1-12(2)11-23-16(20)15(18(24)22(3)19(23)25)17(29(4)26)21-10-13-6-8-14(9-7-13)30(5,27)28/h6-9,12H,10-11,20H2,1-5H3. The van der Waals surface area contributed by atoms with Gasteiger partial charge < -0.3 is 5.73 Å². The highest BCUT2D eigenvalue weighted by Gasteiger charge is 2.22. The second kappa shape index (κ2) is 9.09. The van der Waals surface area contributed by atoms with Gasteiger partial charge in [0.2, 0.25) is 0 Å². The number of anilines is 1. The van der Waals surface area contributed by atoms with Crippen molar-refractivity contribution in [3.8, 4) is 0 Å². The number of nitrogen functional groups attached to an aromatic ring is 1. The van der Waals surface area contributed by atoms with Gasteiger partial charge in [-0.1, -0.05) is 26.0 Å². The molecule has 2 N–H and O–H groups in total. The molecule has 1 unspecified atom stereocenters. The van der Waals surface area contributed by atoms with Crippen molar-refractivity contribution < 1.29 is 12.6 Å². The number of hydrogen-bond acceptors (Lipinski definition) is 7. The van der Waals surface area contributed by atoms with E-state index in [2.05, 4.69) is 4.99 Å². The van der Waals surface area contributed by atoms with E-state index in [9.17, 15) is 22.2 Å². The summed E-state index contributed by atoms with van der Waals surface area (Å²) in [6, 6.07) is 6.10. The predicted molar refractivity (Wildman–Crippen MR) is 119 cm³/mol. The van der Waals surface area contributed by atoms with Crippen molar-refractivity contribution >= 4 is 31.5 Å². The largest absolute Gasteiger partial charge is 0.384 e. The van der Waals surface area contributed by atoms with E-state index >= 15 is 0 Å². The zero-order valence-corrected chi connectivity index (χ0v) is 19.2. The van der Waals surface area contributed by atoms with Gasteiger partial charge in [-0.25, -0.2) is 13.2 Å². The van der Waals surface area contributed by atoms with Gasteiger partial charge in [-0.2, -0.15) is 0 Å². The van der Waals surface area contributed by atoms with Gasteiger partial charge in [0.25, 0.3) is 5.56 Å². The maximum atomic E-state index is 12.7. The van der Waals surface area contributed by atoms with E-state index < -0.39 is 31.9 Å². The van der Waals surface area contributed by atoms with Crippen molar-refractivity contribution in [1.82, 2.24) is 9.13 Å². The Bertz CT molecular complexity index is 1220. The Labute approximate surface area is 177 Å². The predicted octanol–water partition coefficient (Wildman–Crippen LogP) is 0.514. The monoisotopic (exact) mass is 454 g/mol. The second-order valence-electron chi connectivity index (χ2n) is 7.40. The zero-order valence-electron chi connectivity index (χ0n) is 17.6. The maximum Gasteiger partial charge on any atom is 0.332 e. The van der Waals surface area contributed by atoms with Crippen LogP contribution in [-0.2, 0) is 40.8 Å². The second-order valence-corrected chi connectivity index (χ2v) is 10.7. The van der Waals surface area contributed by atoms with Crippen molar-refractivity contribution in [2.45, 2.75) is 31.8 Å². The Morgan fingerprint density at radius 2 is 1.77 bits per heavy atom. The van der Waals surface area contributed by atoms with Gasteiger partial charge in [0.15, 0.2) is 9.84 Å². The van der Waals surface area contributed by atoms with E-state index in [1.165, 1.54) is 30.0 Å². The summed E-state index contributed by atoms with van der Waals surface area (Å²) in [6.45, 7) is 4.17. The minimum atomic E-state index is -3.32. The van der Waals surface area contributed by atoms with E-state index in [0.717, 1.165) is 10.8 Å². The van der Waals surface area contributed by atoms with Crippen molar-refractivity contribution in [3.63, 3.8) is 0 Å². The molecule has 0 aliphatic rings. The smallest absolute Gasteiger partial charge is 0.332 e. The average molecular weight is 455 g/mol. The molecule has 0 saturated carbocycles. The van der Waals surface area contributed by atoms with E-state index in [1.807, 2.05) is 13.8 Å². The van der Waals surface area contributed by atoms with Gasteiger partial charge in [-0.15, -0.1) is 0 Å². The third-order valence-corrected chi connectivity index (χ3v) is 6.38. The molecule has 1 atom stereocenters. The Morgan fingerprint density at radius 1 is 1.20 bits per heavy atom. The molecule has 2 aromatic rings. The summed E-state index contributed by atoms with van der Waals surface area (Å²) in [6.07, 6.45) is 2.49. The van der Waals surface area contributed by atoms with Crippen molar-refractivity contribution in [3.05, 3.63) is 56.2 Å². The fourth-order valence-corrected chi connectivity index (χ4v) is 4.20. The molecular weight excluding hydrogens is 428 g/mol. The third-order valence-electron chi connectivity index (χ3n) is 4.37. The lowest BCUT2D eigenvalue weighted by atomic mass is 10.2. The molecule has 0 spiro atoms. The molecule has 11 heteroatoms. The van der Waals surface area contributed by atoms with E-state index in [0.29, 0.717) is 12.1 Å². The molecule has 0 saturated heterocycles. The molecule has 1 aromatic heterocycles. The average Bonchev–Trinajstić information content (AvgIpc) is 2.65. The number of nitrogens with zero attached hydrogens (tertiary/aromatic N) is 3. The molecule has 0 fully saturated rings. The van der Waals surface area contributed by atoms with Crippen LogP contribution in [0.25, 0.3) is 0 Å². The summed E-state index contributed by atoms with van der Waals surface area (Å²) < 4.78 is 37.8. The lowest BCUT2D eigenvalue weighted by molar-refractivity contribution is 0.493. The number of rotatable bonds is 6. The highest BCUT2D eigenvalue weighted by Crippen LogP contribution is 2.14. The Hall–Kier alpha value is -2.53. The summed E-state index contributed by atoms with van der Waals surface area (Å²) >= 11 is 0. The number of sulfone groups is 1. The number of hydrogen-bond donors (Lipinski definition) is 1. The maximum absolute atomic E-state index is 12.7. The van der Waals surface area contributed by atoms with Crippen LogP contribution in [0.1, 0.15) is 25.0 Å². The van der Waals surface area contributed by atoms with Crippen LogP contribution in [-0.4, -0.2) is 39.3 Å². The molecule has 30 heavy (non-hydrogen) atoms. The topological polar surface area (TPSA) is 134 Å². The lowest BCUT2D eigenvalue weighted by Crippen LogP contribution is -2.43. The highest BCUT2D eigenvalue weighted by atomic mass is 32.2. The number of aliphatic imine (C=N–C) groups is 1. The van der Waals surface area contributed by atoms with E-state index in [-0.39, 0.29) is 33.8 Å². The van der Waals surface area contributed by atoms with Gasteiger partial charge in [0.1, 0.15) is 16.4 Å². The summed E-state index contributed by atoms with van der Waals surface area (Å²) in [5.74, 6) is 0.0226. The van der Waals surface area contributed by atoms with Crippen LogP contribution >= 0.6 is 0 Å². The van der Waals surface area contributed by atoms with Gasteiger partial charge in [-0.05, 0) is 23.6 Å². The number of benzene rings is 1. The molecule has 2 rings (SSSR count). The van der Waals surface area contributed by atoms with Crippen LogP contribution in [0.3, 0.4) is 0 Å². The Balaban J connectivity index is 2.58. The summed E-state index contributed by atoms with van der Waals surface area (Å²) in [7, 11) is -3.64. The molecule has 164 valence electrons. The van der Waals surface area contributed by atoms with Crippen LogP contribution in [0, 0.1) is 5.92 Å². The molecule has 1 heterocycles. The minimum Gasteiger partial charge on any atom is -0.384 e. The highest BCUT2D eigenvalue weighted by molar-refractivity contribution is 8.00. The molecular formula is C19H26N4O5S2. The fourth-order valence-electron chi connectivity index (χ4n) is 2.84. The first-order valence-corrected chi connectivity index (χ1v) is 12.6. The molecule has 1 aromatic carbocycles. The van der Waals surface area contributed by atoms with Crippen LogP contribution in [0.2, 0.25) is 0 Å². The van der Waals surface area contributed by atoms with Crippen LogP contribution in [0.15, 0.2) is 43.7 Å². The van der Waals surface area contributed by atoms with Crippen LogP contribution in [0.4, 0.5) is 5.82 Å². The quantitative estimate of drug-likeness (QED) is 0.499. The van der Waals surface area contributed by atoms with Gasteiger partial charge in [0, 0.05) is 26.1 Å². The van der Waals surface area contributed by atoms with Crippen molar-refractivity contribution in [2.75, 3.05) is 18.2 Å². The normalized spacial score (nSPS) is 13.6. The minimum absolute atomic E-state index is 0.0159. The Morgan fingerprint density at radius 3 is 2.23 bits per heavy atom. The molecule has 0 bridgehead atoms. The van der Waals surface area contributed by atoms with Crippen LogP contribution < -0.4 is 17.0 Å². The third kappa shape index (κ3) is 5.14. The van der Waals surface area contributed by atoms with Crippen LogP contribution in [0.5, 0.6) is 0 Å². The molecule has 9 nitrogen and oxygen atoms in total. The van der Waals surface area contributed by atoms with E-state index in [4.69, 9.17) is 5.73 Å². The molecule has 0 aliphatic heterocycles. The molecule has 0 radical (unpaired) electrons. The SMILES string of the molecule is CC(C)Cn1c(N)c(C(=NCc2ccc(S(C)(=O)=O)cc2)S(C)=O)c(=O)n(C)c1=O. The van der Waals surface area contributed by atoms with Gasteiger partial charge in [0.05, 0.1) is 22.2 Å². The molecule has 0 aliphatic carbocycles. The number of nitrogens with two attached hydrogens (primary N) is 1. The van der Waals surface area contributed by atoms with Gasteiger partial charge in [-0.3, -0.25) is 23.1 Å². The zero-order chi connectivity index (χ0) is 22.8. The summed E-state index contributed by atoms with van der Waals surface area (Å²) in [4.78, 5) is 29.7. The van der Waals surface area contributed by atoms with E-state index in [1.54, 1.807) is 12.1 Å². The fraction of sp³-hybridized carbons (Fsp3) is 0.421. The number of aromatic nitrogens is 2. The van der Waals surface area contributed by atoms with Gasteiger partial charge >= 0.3 is 5.69 Å². The summed E-state index contributed by atoms with van der Waals surface area (Å²) in [5, 5.41) is -0.0159. The molecule has 0 amide bonds. The van der Waals surface area contributed by atoms with Crippen molar-refractivity contribution in [2.24, 2.45) is 18.0 Å². The summed E-state index contributed by atoms with van der Waals surface area (Å²) in [5.41, 5.74) is 5.53.